The summed E-state index contributed by atoms with van der Waals surface area (Å²) < 4.78 is 23.9. The molecule has 2 aromatic rings. The van der Waals surface area contributed by atoms with Crippen LogP contribution in [-0.2, 0) is 16.1 Å². The molecule has 0 saturated carbocycles. The zero-order valence-electron chi connectivity index (χ0n) is 14.5. The summed E-state index contributed by atoms with van der Waals surface area (Å²) in [6, 6.07) is 13.3. The first kappa shape index (κ1) is 18.4. The van der Waals surface area contributed by atoms with Crippen LogP contribution in [0.3, 0.4) is 0 Å². The molecule has 0 radical (unpaired) electrons. The monoisotopic (exact) mass is 358 g/mol. The molecule has 1 aliphatic rings. The Balaban J connectivity index is 1.55. The first-order valence-corrected chi connectivity index (χ1v) is 8.70. The summed E-state index contributed by atoms with van der Waals surface area (Å²) in [5.74, 6) is 0.893. The number of ether oxygens (including phenoxy) is 2. The SMILES string of the molecule is NCC1(C(=O)NCc2ccc(Oc3ccc(F)cc3)cc2)CCOCC1. The maximum Gasteiger partial charge on any atom is 0.227 e. The van der Waals surface area contributed by atoms with Gasteiger partial charge in [0.2, 0.25) is 5.91 Å². The van der Waals surface area contributed by atoms with Crippen LogP contribution in [0.2, 0.25) is 0 Å². The Bertz CT molecular complexity index is 726. The third-order valence-corrected chi connectivity index (χ3v) is 4.75. The van der Waals surface area contributed by atoms with Crippen LogP contribution in [0.25, 0.3) is 0 Å². The summed E-state index contributed by atoms with van der Waals surface area (Å²) in [6.07, 6.45) is 1.31. The van der Waals surface area contributed by atoms with Crippen LogP contribution in [0.5, 0.6) is 11.5 Å². The average molecular weight is 358 g/mol. The Hall–Kier alpha value is -2.44. The van der Waals surface area contributed by atoms with E-state index < -0.39 is 5.41 Å². The second-order valence-corrected chi connectivity index (χ2v) is 6.48. The fourth-order valence-corrected chi connectivity index (χ4v) is 2.97. The minimum atomic E-state index is -0.524. The van der Waals surface area contributed by atoms with E-state index in [0.717, 1.165) is 5.56 Å². The van der Waals surface area contributed by atoms with Crippen molar-refractivity contribution >= 4 is 5.91 Å². The van der Waals surface area contributed by atoms with Crippen LogP contribution in [0, 0.1) is 11.2 Å². The van der Waals surface area contributed by atoms with Crippen LogP contribution < -0.4 is 15.8 Å². The Morgan fingerprint density at radius 3 is 2.23 bits per heavy atom. The zero-order chi connectivity index (χ0) is 18.4. The van der Waals surface area contributed by atoms with Crippen LogP contribution >= 0.6 is 0 Å². The predicted octanol–water partition coefficient (Wildman–Crippen LogP) is 2.99. The smallest absolute Gasteiger partial charge is 0.227 e. The molecule has 6 heteroatoms. The molecule has 0 unspecified atom stereocenters. The molecule has 0 spiro atoms. The van der Waals surface area contributed by atoms with Gasteiger partial charge in [0.05, 0.1) is 5.41 Å². The van der Waals surface area contributed by atoms with Gasteiger partial charge in [0.1, 0.15) is 17.3 Å². The van der Waals surface area contributed by atoms with Gasteiger partial charge in [-0.05, 0) is 54.8 Å². The van der Waals surface area contributed by atoms with Crippen molar-refractivity contribution in [2.24, 2.45) is 11.1 Å². The number of nitrogens with two attached hydrogens (primary N) is 1. The lowest BCUT2D eigenvalue weighted by molar-refractivity contribution is -0.136. The first-order chi connectivity index (χ1) is 12.6. The third kappa shape index (κ3) is 4.39. The molecule has 1 fully saturated rings. The van der Waals surface area contributed by atoms with Gasteiger partial charge in [-0.2, -0.15) is 0 Å². The van der Waals surface area contributed by atoms with Crippen LogP contribution in [0.4, 0.5) is 4.39 Å². The zero-order valence-corrected chi connectivity index (χ0v) is 14.5. The molecular formula is C20H23FN2O3. The van der Waals surface area contributed by atoms with Gasteiger partial charge >= 0.3 is 0 Å². The predicted molar refractivity (Wildman–Crippen MR) is 96.3 cm³/mol. The van der Waals surface area contributed by atoms with Gasteiger partial charge in [0, 0.05) is 26.3 Å². The lowest BCUT2D eigenvalue weighted by Crippen LogP contribution is -2.48. The molecule has 26 heavy (non-hydrogen) atoms. The minimum Gasteiger partial charge on any atom is -0.457 e. The van der Waals surface area contributed by atoms with Crippen molar-refractivity contribution in [3.05, 3.63) is 59.9 Å². The van der Waals surface area contributed by atoms with Gasteiger partial charge in [-0.1, -0.05) is 12.1 Å². The summed E-state index contributed by atoms with van der Waals surface area (Å²) in [7, 11) is 0. The van der Waals surface area contributed by atoms with E-state index in [1.165, 1.54) is 12.1 Å². The second-order valence-electron chi connectivity index (χ2n) is 6.48. The summed E-state index contributed by atoms with van der Waals surface area (Å²) in [5.41, 5.74) is 6.29. The van der Waals surface area contributed by atoms with Crippen molar-refractivity contribution in [3.63, 3.8) is 0 Å². The molecule has 5 nitrogen and oxygen atoms in total. The van der Waals surface area contributed by atoms with E-state index in [9.17, 15) is 9.18 Å². The van der Waals surface area contributed by atoms with Crippen molar-refractivity contribution in [3.8, 4) is 11.5 Å². The van der Waals surface area contributed by atoms with E-state index in [1.54, 1.807) is 12.1 Å². The molecule has 0 bridgehead atoms. The fraction of sp³-hybridized carbons (Fsp3) is 0.350. The topological polar surface area (TPSA) is 73.6 Å². The van der Waals surface area contributed by atoms with Crippen LogP contribution in [-0.4, -0.2) is 25.7 Å². The van der Waals surface area contributed by atoms with Crippen molar-refractivity contribution in [1.29, 1.82) is 0 Å². The van der Waals surface area contributed by atoms with Gasteiger partial charge in [-0.15, -0.1) is 0 Å². The van der Waals surface area contributed by atoms with Gasteiger partial charge in [0.15, 0.2) is 0 Å². The molecule has 1 amide bonds. The summed E-state index contributed by atoms with van der Waals surface area (Å²) in [6.45, 7) is 1.89. The Labute approximate surface area is 152 Å². The Morgan fingerprint density at radius 2 is 1.65 bits per heavy atom. The van der Waals surface area contributed by atoms with Crippen molar-refractivity contribution in [2.75, 3.05) is 19.8 Å². The molecule has 1 saturated heterocycles. The standard InChI is InChI=1S/C20H23FN2O3/c21-16-3-7-18(8-4-16)26-17-5-1-15(2-6-17)13-23-19(24)20(14-22)9-11-25-12-10-20/h1-8H,9-14,22H2,(H,23,24). The van der Waals surface area contributed by atoms with Crippen LogP contribution in [0.1, 0.15) is 18.4 Å². The Morgan fingerprint density at radius 1 is 1.08 bits per heavy atom. The van der Waals surface area contributed by atoms with Crippen molar-refractivity contribution < 1.29 is 18.7 Å². The van der Waals surface area contributed by atoms with Crippen LogP contribution in [0.15, 0.2) is 48.5 Å². The number of amides is 1. The molecule has 2 aromatic carbocycles. The molecular weight excluding hydrogens is 335 g/mol. The lowest BCUT2D eigenvalue weighted by atomic mass is 9.79. The molecule has 138 valence electrons. The highest BCUT2D eigenvalue weighted by Gasteiger charge is 2.38. The van der Waals surface area contributed by atoms with E-state index in [1.807, 2.05) is 24.3 Å². The van der Waals surface area contributed by atoms with Gasteiger partial charge in [-0.25, -0.2) is 4.39 Å². The summed E-state index contributed by atoms with van der Waals surface area (Å²) in [5, 5.41) is 2.98. The van der Waals surface area contributed by atoms with Crippen molar-refractivity contribution in [2.45, 2.75) is 19.4 Å². The number of benzene rings is 2. The average Bonchev–Trinajstić information content (AvgIpc) is 2.69. The number of carbonyl (C=O) groups excluding carboxylic acids is 1. The molecule has 0 aliphatic carbocycles. The second kappa shape index (κ2) is 8.29. The number of halogens is 1. The molecule has 3 rings (SSSR count). The van der Waals surface area contributed by atoms with E-state index >= 15 is 0 Å². The normalized spacial score (nSPS) is 16.1. The number of rotatable bonds is 6. The summed E-state index contributed by atoms with van der Waals surface area (Å²) in [4.78, 5) is 12.6. The molecule has 3 N–H and O–H groups in total. The Kier molecular flexibility index (Phi) is 5.85. The minimum absolute atomic E-state index is 0.0186. The van der Waals surface area contributed by atoms with Gasteiger partial charge in [-0.3, -0.25) is 4.79 Å². The number of nitrogens with one attached hydrogen (secondary N) is 1. The maximum absolute atomic E-state index is 12.9. The maximum atomic E-state index is 12.9. The number of hydrogen-bond acceptors (Lipinski definition) is 4. The first-order valence-electron chi connectivity index (χ1n) is 8.70. The summed E-state index contributed by atoms with van der Waals surface area (Å²) >= 11 is 0. The lowest BCUT2D eigenvalue weighted by Gasteiger charge is -2.34. The largest absolute Gasteiger partial charge is 0.457 e. The van der Waals surface area contributed by atoms with Gasteiger partial charge in [0.25, 0.3) is 0 Å². The highest BCUT2D eigenvalue weighted by atomic mass is 19.1. The van der Waals surface area contributed by atoms with Crippen molar-refractivity contribution in [1.82, 2.24) is 5.32 Å². The van der Waals surface area contributed by atoms with E-state index in [-0.39, 0.29) is 11.7 Å². The van der Waals surface area contributed by atoms with E-state index in [2.05, 4.69) is 5.32 Å². The number of hydrogen-bond donors (Lipinski definition) is 2. The number of carbonyl (C=O) groups is 1. The fourth-order valence-electron chi connectivity index (χ4n) is 2.97. The quantitative estimate of drug-likeness (QED) is 0.833. The molecule has 0 aromatic heterocycles. The van der Waals surface area contributed by atoms with E-state index in [4.69, 9.17) is 15.2 Å². The third-order valence-electron chi connectivity index (χ3n) is 4.75. The molecule has 0 atom stereocenters. The highest BCUT2D eigenvalue weighted by Crippen LogP contribution is 2.29. The highest BCUT2D eigenvalue weighted by molar-refractivity contribution is 5.83. The molecule has 1 aliphatic heterocycles. The van der Waals surface area contributed by atoms with E-state index in [0.29, 0.717) is 50.6 Å². The van der Waals surface area contributed by atoms with Gasteiger partial charge < -0.3 is 20.5 Å². The molecule has 1 heterocycles.